The molecule has 1 N–H and O–H groups in total. The number of nitrogens with zero attached hydrogens (tertiary/aromatic N) is 3. The molecular weight excluding hydrogens is 636 g/mol. The maximum absolute atomic E-state index is 13.3. The SMILES string of the molecule is CC(C/C=C/C(C(=O)N1CCOCC1)N1CCC1)C(C)[S+]([O-])NC(=O)c1ccc(OCC2CCCc3cc(Cl)ccc32)c(N(C)C)c1. The van der Waals surface area contributed by atoms with E-state index in [0.717, 1.165) is 49.5 Å². The summed E-state index contributed by atoms with van der Waals surface area (Å²) in [6.45, 7) is 8.69. The van der Waals surface area contributed by atoms with Gasteiger partial charge in [-0.2, -0.15) is 4.72 Å². The van der Waals surface area contributed by atoms with Crippen molar-refractivity contribution in [3.05, 3.63) is 70.3 Å². The molecule has 2 amide bonds. The summed E-state index contributed by atoms with van der Waals surface area (Å²) in [7, 11) is 3.83. The Bertz CT molecular complexity index is 1410. The highest BCUT2D eigenvalue weighted by Crippen LogP contribution is 2.35. The summed E-state index contributed by atoms with van der Waals surface area (Å²) in [5.41, 5.74) is 3.79. The summed E-state index contributed by atoms with van der Waals surface area (Å²) < 4.78 is 27.7. The summed E-state index contributed by atoms with van der Waals surface area (Å²) in [6.07, 6.45) is 8.96. The number of likely N-dealkylation sites (tertiary alicyclic amines) is 1. The van der Waals surface area contributed by atoms with Crippen molar-refractivity contribution in [2.75, 3.05) is 65.0 Å². The van der Waals surface area contributed by atoms with Crippen LogP contribution in [-0.2, 0) is 27.3 Å². The number of nitrogens with one attached hydrogen (secondary N) is 1. The number of carbonyl (C=O) groups excluding carboxylic acids is 2. The molecule has 2 fully saturated rings. The second kappa shape index (κ2) is 16.6. The van der Waals surface area contributed by atoms with E-state index in [2.05, 4.69) is 21.8 Å². The zero-order valence-corrected chi connectivity index (χ0v) is 29.7. The number of anilines is 1. The molecule has 5 atom stereocenters. The van der Waals surface area contributed by atoms with E-state index < -0.39 is 11.4 Å². The minimum atomic E-state index is -1.59. The van der Waals surface area contributed by atoms with Crippen molar-refractivity contribution >= 4 is 40.5 Å². The third-order valence-corrected chi connectivity index (χ3v) is 11.5. The minimum Gasteiger partial charge on any atom is -0.593 e. The highest BCUT2D eigenvalue weighted by molar-refractivity contribution is 7.90. The van der Waals surface area contributed by atoms with Crippen molar-refractivity contribution in [3.8, 4) is 5.75 Å². The molecule has 2 aromatic carbocycles. The van der Waals surface area contributed by atoms with Crippen molar-refractivity contribution < 1.29 is 23.6 Å². The fourth-order valence-corrected chi connectivity index (χ4v) is 7.61. The maximum atomic E-state index is 13.3. The topological polar surface area (TPSA) is 97.4 Å². The van der Waals surface area contributed by atoms with Crippen LogP contribution in [0.25, 0.3) is 0 Å². The van der Waals surface area contributed by atoms with Crippen LogP contribution in [0.4, 0.5) is 5.69 Å². The molecule has 0 saturated carbocycles. The van der Waals surface area contributed by atoms with E-state index >= 15 is 0 Å². The number of aryl methyl sites for hydroxylation is 1. The molecule has 11 heteroatoms. The lowest BCUT2D eigenvalue weighted by molar-refractivity contribution is -0.140. The van der Waals surface area contributed by atoms with Gasteiger partial charge in [-0.1, -0.05) is 36.7 Å². The summed E-state index contributed by atoms with van der Waals surface area (Å²) in [6, 6.07) is 11.2. The Morgan fingerprint density at radius 3 is 2.60 bits per heavy atom. The number of amides is 2. The van der Waals surface area contributed by atoms with Crippen LogP contribution >= 0.6 is 11.6 Å². The van der Waals surface area contributed by atoms with Crippen molar-refractivity contribution in [3.63, 3.8) is 0 Å². The summed E-state index contributed by atoms with van der Waals surface area (Å²) in [4.78, 5) is 32.5. The summed E-state index contributed by atoms with van der Waals surface area (Å²) in [5.74, 6) is 0.739. The van der Waals surface area contributed by atoms with Gasteiger partial charge in [-0.25, -0.2) is 0 Å². The first kappa shape index (κ1) is 35.5. The van der Waals surface area contributed by atoms with Gasteiger partial charge in [0, 0.05) is 62.7 Å². The van der Waals surface area contributed by atoms with Crippen LogP contribution in [0.1, 0.15) is 66.9 Å². The number of morpholine rings is 1. The highest BCUT2D eigenvalue weighted by atomic mass is 35.5. The molecule has 2 aromatic rings. The van der Waals surface area contributed by atoms with Gasteiger partial charge < -0.3 is 23.8 Å². The number of fused-ring (bicyclic) bond motifs is 1. The van der Waals surface area contributed by atoms with Crippen molar-refractivity contribution in [1.82, 2.24) is 14.5 Å². The minimum absolute atomic E-state index is 0.0250. The number of halogens is 1. The third-order valence-electron chi connectivity index (χ3n) is 9.70. The number of rotatable bonds is 13. The van der Waals surface area contributed by atoms with E-state index in [-0.39, 0.29) is 34.9 Å². The molecule has 0 radical (unpaired) electrons. The molecule has 256 valence electrons. The van der Waals surface area contributed by atoms with E-state index in [0.29, 0.717) is 50.6 Å². The highest BCUT2D eigenvalue weighted by Gasteiger charge is 2.32. The van der Waals surface area contributed by atoms with E-state index in [4.69, 9.17) is 21.1 Å². The average molecular weight is 685 g/mol. The molecule has 47 heavy (non-hydrogen) atoms. The van der Waals surface area contributed by atoms with Crippen LogP contribution in [-0.4, -0.2) is 97.6 Å². The quantitative estimate of drug-likeness (QED) is 0.229. The van der Waals surface area contributed by atoms with Crippen molar-refractivity contribution in [2.24, 2.45) is 5.92 Å². The second-order valence-corrected chi connectivity index (χ2v) is 15.1. The molecule has 2 heterocycles. The molecule has 2 aliphatic heterocycles. The molecule has 2 saturated heterocycles. The Labute approximate surface area is 287 Å². The number of allylic oxidation sites excluding steroid dienone is 1. The fourth-order valence-electron chi connectivity index (χ4n) is 6.40. The van der Waals surface area contributed by atoms with Crippen LogP contribution < -0.4 is 14.4 Å². The standard InChI is InChI=1S/C36H49ClN4O5S/c1-25(8-5-11-32(40-16-7-17-40)36(43)41-18-20-45-21-19-41)26(2)47(44)38-35(42)28-12-15-34(33(23-28)39(3)4)46-24-29-10-6-9-27-22-30(37)13-14-31(27)29/h5,11-15,22-23,25-26,29,32H,6-10,16-21,24H2,1-4H3,(H,38,42)/b11-5+. The lowest BCUT2D eigenvalue weighted by Gasteiger charge is -2.39. The molecular formula is C36H49ClN4O5S. The first-order chi connectivity index (χ1) is 22.6. The summed E-state index contributed by atoms with van der Waals surface area (Å²) in [5, 5.41) is 0.476. The predicted octanol–water partition coefficient (Wildman–Crippen LogP) is 5.20. The van der Waals surface area contributed by atoms with E-state index in [1.807, 2.05) is 62.0 Å². The molecule has 1 aliphatic carbocycles. The molecule has 3 aliphatic rings. The first-order valence-corrected chi connectivity index (χ1v) is 18.4. The molecule has 5 rings (SSSR count). The van der Waals surface area contributed by atoms with Crippen LogP contribution in [0.3, 0.4) is 0 Å². The largest absolute Gasteiger partial charge is 0.593 e. The van der Waals surface area contributed by atoms with Crippen LogP contribution in [0.5, 0.6) is 5.75 Å². The maximum Gasteiger partial charge on any atom is 0.292 e. The van der Waals surface area contributed by atoms with Gasteiger partial charge in [0.25, 0.3) is 5.91 Å². The van der Waals surface area contributed by atoms with Gasteiger partial charge in [0.1, 0.15) is 17.0 Å². The van der Waals surface area contributed by atoms with Gasteiger partial charge in [-0.05, 0) is 80.5 Å². The Hall–Kier alpha value is -2.76. The molecule has 0 aromatic heterocycles. The van der Waals surface area contributed by atoms with E-state index in [1.165, 1.54) is 11.1 Å². The monoisotopic (exact) mass is 684 g/mol. The van der Waals surface area contributed by atoms with Crippen LogP contribution in [0.2, 0.25) is 5.02 Å². The fraction of sp³-hybridized carbons (Fsp3) is 0.556. The Morgan fingerprint density at radius 2 is 1.89 bits per heavy atom. The lowest BCUT2D eigenvalue weighted by atomic mass is 9.83. The first-order valence-electron chi connectivity index (χ1n) is 16.8. The van der Waals surface area contributed by atoms with Crippen molar-refractivity contribution in [1.29, 1.82) is 0 Å². The van der Waals surface area contributed by atoms with E-state index in [9.17, 15) is 14.1 Å². The number of ether oxygens (including phenoxy) is 2. The Balaban J connectivity index is 1.15. The predicted molar refractivity (Wildman–Crippen MR) is 189 cm³/mol. The summed E-state index contributed by atoms with van der Waals surface area (Å²) >= 11 is 4.64. The van der Waals surface area contributed by atoms with Gasteiger partial charge in [-0.3, -0.25) is 14.5 Å². The number of hydrogen-bond acceptors (Lipinski definition) is 7. The normalized spacial score (nSPS) is 20.9. The number of carbonyl (C=O) groups is 2. The lowest BCUT2D eigenvalue weighted by Crippen LogP contribution is -2.54. The molecule has 5 unspecified atom stereocenters. The number of hydrogen-bond donors (Lipinski definition) is 1. The van der Waals surface area contributed by atoms with Crippen LogP contribution in [0.15, 0.2) is 48.6 Å². The van der Waals surface area contributed by atoms with Gasteiger partial charge in [0.15, 0.2) is 0 Å². The smallest absolute Gasteiger partial charge is 0.292 e. The molecule has 0 bridgehead atoms. The molecule has 9 nitrogen and oxygen atoms in total. The van der Waals surface area contributed by atoms with Gasteiger partial charge in [0.05, 0.1) is 36.9 Å². The molecule has 0 spiro atoms. The second-order valence-electron chi connectivity index (χ2n) is 13.2. The number of benzene rings is 2. The Kier molecular flexibility index (Phi) is 12.5. The Morgan fingerprint density at radius 1 is 1.13 bits per heavy atom. The van der Waals surface area contributed by atoms with Crippen molar-refractivity contribution in [2.45, 2.75) is 63.2 Å². The van der Waals surface area contributed by atoms with Gasteiger partial charge >= 0.3 is 0 Å². The van der Waals surface area contributed by atoms with Crippen LogP contribution in [0, 0.1) is 5.92 Å². The van der Waals surface area contributed by atoms with E-state index in [1.54, 1.807) is 12.1 Å². The van der Waals surface area contributed by atoms with Gasteiger partial charge in [0.2, 0.25) is 5.91 Å². The zero-order valence-electron chi connectivity index (χ0n) is 28.1. The third kappa shape index (κ3) is 9.03. The van der Waals surface area contributed by atoms with Gasteiger partial charge in [-0.15, -0.1) is 0 Å². The average Bonchev–Trinajstić information content (AvgIpc) is 3.05. The zero-order chi connectivity index (χ0) is 33.5.